The fraction of sp³-hybridized carbons (Fsp3) is 0.280. The van der Waals surface area contributed by atoms with Gasteiger partial charge in [0.25, 0.3) is 0 Å². The molecule has 6 nitrogen and oxygen atoms in total. The van der Waals surface area contributed by atoms with E-state index in [2.05, 4.69) is 4.98 Å². The number of benzene rings is 2. The number of halogens is 1. The highest BCUT2D eigenvalue weighted by Gasteiger charge is 2.55. The number of fused-ring (bicyclic) bond motifs is 2. The van der Waals surface area contributed by atoms with Gasteiger partial charge in [-0.1, -0.05) is 18.6 Å². The molecule has 2 heterocycles. The molecule has 0 unspecified atom stereocenters. The quantitative estimate of drug-likeness (QED) is 0.585. The monoisotopic (exact) mass is 433 g/mol. The zero-order valence-corrected chi connectivity index (χ0v) is 17.8. The Kier molecular flexibility index (Phi) is 4.96. The van der Waals surface area contributed by atoms with Gasteiger partial charge in [0.05, 0.1) is 31.0 Å². The Balaban J connectivity index is 1.52. The van der Waals surface area contributed by atoms with Gasteiger partial charge in [-0.3, -0.25) is 9.78 Å². The SMILES string of the molecule is COc1ccc(CN2C(=O)C3(CCC3)c3cc(N)cc(OCc4cncc(F)c4)c32)cc1. The molecule has 0 radical (unpaired) electrons. The molecule has 3 aromatic rings. The molecule has 164 valence electrons. The highest BCUT2D eigenvalue weighted by Crippen LogP contribution is 2.57. The maximum atomic E-state index is 13.6. The number of nitrogen functional groups attached to an aromatic ring is 1. The summed E-state index contributed by atoms with van der Waals surface area (Å²) in [6.07, 6.45) is 5.31. The Bertz CT molecular complexity index is 1180. The third-order valence-electron chi connectivity index (χ3n) is 6.40. The average Bonchev–Trinajstić information content (AvgIpc) is 3.00. The number of pyridine rings is 1. The summed E-state index contributed by atoms with van der Waals surface area (Å²) in [5, 5.41) is 0. The fourth-order valence-corrected chi connectivity index (χ4v) is 4.63. The second-order valence-electron chi connectivity index (χ2n) is 8.39. The predicted molar refractivity (Wildman–Crippen MR) is 119 cm³/mol. The predicted octanol–water partition coefficient (Wildman–Crippen LogP) is 4.36. The minimum atomic E-state index is -0.532. The van der Waals surface area contributed by atoms with Crippen molar-refractivity contribution in [1.82, 2.24) is 4.98 Å². The van der Waals surface area contributed by atoms with Crippen LogP contribution in [-0.2, 0) is 23.4 Å². The minimum absolute atomic E-state index is 0.0810. The number of methoxy groups -OCH3 is 1. The maximum Gasteiger partial charge on any atom is 0.238 e. The van der Waals surface area contributed by atoms with Crippen LogP contribution < -0.4 is 20.1 Å². The van der Waals surface area contributed by atoms with Crippen molar-refractivity contribution >= 4 is 17.3 Å². The number of carbonyl (C=O) groups is 1. The molecular formula is C25H24FN3O3. The molecule has 0 atom stereocenters. The first-order valence-electron chi connectivity index (χ1n) is 10.6. The van der Waals surface area contributed by atoms with E-state index in [4.69, 9.17) is 15.2 Å². The van der Waals surface area contributed by atoms with Crippen molar-refractivity contribution < 1.29 is 18.7 Å². The Hall–Kier alpha value is -3.61. The van der Waals surface area contributed by atoms with Crippen LogP contribution >= 0.6 is 0 Å². The van der Waals surface area contributed by atoms with Crippen LogP contribution in [0.3, 0.4) is 0 Å². The number of hydrogen-bond donors (Lipinski definition) is 1. The van der Waals surface area contributed by atoms with E-state index in [0.29, 0.717) is 23.5 Å². The Morgan fingerprint density at radius 1 is 1.12 bits per heavy atom. The van der Waals surface area contributed by atoms with Crippen molar-refractivity contribution in [3.8, 4) is 11.5 Å². The van der Waals surface area contributed by atoms with Crippen molar-refractivity contribution in [3.63, 3.8) is 0 Å². The molecule has 1 aliphatic heterocycles. The van der Waals surface area contributed by atoms with Gasteiger partial charge in [0.15, 0.2) is 0 Å². The van der Waals surface area contributed by atoms with Crippen molar-refractivity contribution in [2.24, 2.45) is 0 Å². The summed E-state index contributed by atoms with van der Waals surface area (Å²) < 4.78 is 24.9. The summed E-state index contributed by atoms with van der Waals surface area (Å²) in [6, 6.07) is 12.7. The molecule has 1 aliphatic carbocycles. The highest BCUT2D eigenvalue weighted by atomic mass is 19.1. The first-order valence-corrected chi connectivity index (χ1v) is 10.6. The summed E-state index contributed by atoms with van der Waals surface area (Å²) in [5.41, 5.74) is 9.48. The number of amides is 1. The van der Waals surface area contributed by atoms with Crippen LogP contribution in [0.1, 0.15) is 36.0 Å². The number of rotatable bonds is 6. The highest BCUT2D eigenvalue weighted by molar-refractivity contribution is 6.10. The zero-order chi connectivity index (χ0) is 22.3. The van der Waals surface area contributed by atoms with E-state index >= 15 is 0 Å². The molecule has 1 amide bonds. The topological polar surface area (TPSA) is 77.7 Å². The third-order valence-corrected chi connectivity index (χ3v) is 6.40. The Labute approximate surface area is 185 Å². The molecule has 2 aromatic carbocycles. The van der Waals surface area contributed by atoms with E-state index in [1.807, 2.05) is 30.3 Å². The van der Waals surface area contributed by atoms with Gasteiger partial charge in [0.1, 0.15) is 23.9 Å². The van der Waals surface area contributed by atoms with Crippen LogP contribution in [-0.4, -0.2) is 18.0 Å². The summed E-state index contributed by atoms with van der Waals surface area (Å²) in [4.78, 5) is 19.3. The lowest BCUT2D eigenvalue weighted by Crippen LogP contribution is -2.44. The van der Waals surface area contributed by atoms with Gasteiger partial charge in [-0.2, -0.15) is 0 Å². The van der Waals surface area contributed by atoms with Crippen molar-refractivity contribution in [3.05, 3.63) is 77.4 Å². The molecule has 2 N–H and O–H groups in total. The number of nitrogens with two attached hydrogens (primary N) is 1. The van der Waals surface area contributed by atoms with E-state index in [-0.39, 0.29) is 12.5 Å². The number of aromatic nitrogens is 1. The van der Waals surface area contributed by atoms with Gasteiger partial charge in [0, 0.05) is 23.5 Å². The summed E-state index contributed by atoms with van der Waals surface area (Å²) in [6.45, 7) is 0.539. The van der Waals surface area contributed by atoms with Gasteiger partial charge in [-0.25, -0.2) is 4.39 Å². The number of hydrogen-bond acceptors (Lipinski definition) is 5. The molecule has 7 heteroatoms. The van der Waals surface area contributed by atoms with E-state index in [1.54, 1.807) is 24.3 Å². The summed E-state index contributed by atoms with van der Waals surface area (Å²) in [5.74, 6) is 0.943. The van der Waals surface area contributed by atoms with Crippen LogP contribution in [0, 0.1) is 5.82 Å². The maximum absolute atomic E-state index is 13.6. The molecule has 2 aliphatic rings. The van der Waals surface area contributed by atoms with E-state index < -0.39 is 11.2 Å². The number of ether oxygens (including phenoxy) is 2. The van der Waals surface area contributed by atoms with Gasteiger partial charge in [-0.05, 0) is 48.2 Å². The number of nitrogens with zero attached hydrogens (tertiary/aromatic N) is 2. The molecule has 1 spiro atoms. The van der Waals surface area contributed by atoms with E-state index in [0.717, 1.165) is 48.0 Å². The lowest BCUT2D eigenvalue weighted by atomic mass is 9.65. The molecule has 1 aromatic heterocycles. The smallest absolute Gasteiger partial charge is 0.238 e. The lowest BCUT2D eigenvalue weighted by Gasteiger charge is -2.37. The number of anilines is 2. The molecule has 1 saturated carbocycles. The van der Waals surface area contributed by atoms with Crippen molar-refractivity contribution in [2.75, 3.05) is 17.7 Å². The molecule has 0 saturated heterocycles. The van der Waals surface area contributed by atoms with Gasteiger partial charge in [0.2, 0.25) is 5.91 Å². The van der Waals surface area contributed by atoms with E-state index in [1.165, 1.54) is 6.07 Å². The first-order chi connectivity index (χ1) is 15.5. The second kappa shape index (κ2) is 7.82. The Morgan fingerprint density at radius 3 is 2.56 bits per heavy atom. The fourth-order valence-electron chi connectivity index (χ4n) is 4.63. The molecule has 0 bridgehead atoms. The normalized spacial score (nSPS) is 16.1. The standard InChI is InChI=1S/C25H24FN3O3/c1-31-20-5-3-16(4-6-20)14-29-23-21(25(24(29)30)7-2-8-25)10-19(27)11-22(23)32-15-17-9-18(26)13-28-12-17/h3-6,9-13H,2,7-8,14-15,27H2,1H3. The largest absolute Gasteiger partial charge is 0.497 e. The van der Waals surface area contributed by atoms with Crippen LogP contribution in [0.5, 0.6) is 11.5 Å². The summed E-state index contributed by atoms with van der Waals surface area (Å²) in [7, 11) is 1.62. The van der Waals surface area contributed by atoms with Crippen LogP contribution in [0.25, 0.3) is 0 Å². The van der Waals surface area contributed by atoms with Crippen LogP contribution in [0.4, 0.5) is 15.8 Å². The van der Waals surface area contributed by atoms with Gasteiger partial charge >= 0.3 is 0 Å². The Morgan fingerprint density at radius 2 is 1.91 bits per heavy atom. The van der Waals surface area contributed by atoms with Gasteiger partial charge in [-0.15, -0.1) is 0 Å². The van der Waals surface area contributed by atoms with Crippen LogP contribution in [0.2, 0.25) is 0 Å². The zero-order valence-electron chi connectivity index (χ0n) is 17.8. The van der Waals surface area contributed by atoms with E-state index in [9.17, 15) is 9.18 Å². The lowest BCUT2D eigenvalue weighted by molar-refractivity contribution is -0.126. The first kappa shape index (κ1) is 20.3. The summed E-state index contributed by atoms with van der Waals surface area (Å²) >= 11 is 0. The van der Waals surface area contributed by atoms with Crippen molar-refractivity contribution in [1.29, 1.82) is 0 Å². The molecule has 32 heavy (non-hydrogen) atoms. The second-order valence-corrected chi connectivity index (χ2v) is 8.39. The third kappa shape index (κ3) is 3.34. The molecule has 5 rings (SSSR count). The van der Waals surface area contributed by atoms with Crippen molar-refractivity contribution in [2.45, 2.75) is 37.8 Å². The number of carbonyl (C=O) groups excluding carboxylic acids is 1. The van der Waals surface area contributed by atoms with Crippen LogP contribution in [0.15, 0.2) is 54.9 Å². The molecule has 1 fully saturated rings. The average molecular weight is 433 g/mol. The minimum Gasteiger partial charge on any atom is -0.497 e. The molecular weight excluding hydrogens is 409 g/mol. The van der Waals surface area contributed by atoms with Gasteiger partial charge < -0.3 is 20.1 Å².